The summed E-state index contributed by atoms with van der Waals surface area (Å²) in [6.45, 7) is 6.73. The van der Waals surface area contributed by atoms with Crippen LogP contribution in [0, 0.1) is 13.8 Å². The molecule has 0 unspecified atom stereocenters. The number of furan rings is 1. The number of rotatable bonds is 5. The van der Waals surface area contributed by atoms with Crippen molar-refractivity contribution in [2.75, 3.05) is 31.1 Å². The Morgan fingerprint density at radius 1 is 1.07 bits per heavy atom. The van der Waals surface area contributed by atoms with E-state index in [-0.39, 0.29) is 5.91 Å². The number of aromatic nitrogens is 3. The van der Waals surface area contributed by atoms with Gasteiger partial charge in [0.15, 0.2) is 10.9 Å². The first kappa shape index (κ1) is 19.4. The van der Waals surface area contributed by atoms with E-state index in [1.807, 2.05) is 49.1 Å². The van der Waals surface area contributed by atoms with Gasteiger partial charge in [0.05, 0.1) is 5.75 Å². The van der Waals surface area contributed by atoms with Gasteiger partial charge in [-0.2, -0.15) is 0 Å². The molecular formula is C21H23N5O2S. The van der Waals surface area contributed by atoms with E-state index in [4.69, 9.17) is 4.42 Å². The van der Waals surface area contributed by atoms with Crippen molar-refractivity contribution >= 4 is 23.5 Å². The molecule has 3 aromatic rings. The lowest BCUT2D eigenvalue weighted by Gasteiger charge is -2.34. The van der Waals surface area contributed by atoms with Crippen LogP contribution in [0.5, 0.6) is 0 Å². The first-order chi connectivity index (χ1) is 14.1. The van der Waals surface area contributed by atoms with Crippen LogP contribution in [0.3, 0.4) is 0 Å². The molecule has 8 heteroatoms. The summed E-state index contributed by atoms with van der Waals surface area (Å²) in [7, 11) is 0. The number of nitrogens with zero attached hydrogens (tertiary/aromatic N) is 5. The predicted molar refractivity (Wildman–Crippen MR) is 112 cm³/mol. The van der Waals surface area contributed by atoms with Crippen LogP contribution in [0.4, 0.5) is 5.82 Å². The molecule has 0 N–H and O–H groups in total. The van der Waals surface area contributed by atoms with Gasteiger partial charge in [-0.05, 0) is 44.2 Å². The molecule has 0 aliphatic carbocycles. The fourth-order valence-electron chi connectivity index (χ4n) is 3.30. The van der Waals surface area contributed by atoms with Crippen LogP contribution in [0.15, 0.2) is 52.2 Å². The Bertz CT molecular complexity index is 963. The van der Waals surface area contributed by atoms with Gasteiger partial charge in [-0.25, -0.2) is 15.0 Å². The molecule has 1 fully saturated rings. The molecule has 29 heavy (non-hydrogen) atoms. The molecule has 0 atom stereocenters. The van der Waals surface area contributed by atoms with Crippen LogP contribution < -0.4 is 4.90 Å². The van der Waals surface area contributed by atoms with Gasteiger partial charge in [0.25, 0.3) is 5.91 Å². The van der Waals surface area contributed by atoms with Gasteiger partial charge in [-0.1, -0.05) is 17.8 Å². The van der Waals surface area contributed by atoms with E-state index in [1.54, 1.807) is 12.3 Å². The predicted octanol–water partition coefficient (Wildman–Crippen LogP) is 3.34. The number of amides is 1. The van der Waals surface area contributed by atoms with Crippen molar-refractivity contribution in [1.29, 1.82) is 0 Å². The number of anilines is 1. The number of hydrogen-bond acceptors (Lipinski definition) is 7. The first-order valence-corrected chi connectivity index (χ1v) is 10.6. The van der Waals surface area contributed by atoms with Gasteiger partial charge in [-0.3, -0.25) is 4.79 Å². The number of hydrogen-bond donors (Lipinski definition) is 0. The number of carbonyl (C=O) groups is 1. The average molecular weight is 410 g/mol. The molecule has 1 amide bonds. The highest BCUT2D eigenvalue weighted by molar-refractivity contribution is 7.98. The third-order valence-corrected chi connectivity index (χ3v) is 5.59. The summed E-state index contributed by atoms with van der Waals surface area (Å²) in [6.07, 6.45) is 1.79. The molecule has 4 rings (SSSR count). The average Bonchev–Trinajstić information content (AvgIpc) is 3.21. The molecule has 4 heterocycles. The Kier molecular flexibility index (Phi) is 5.80. The van der Waals surface area contributed by atoms with Crippen LogP contribution in [0.25, 0.3) is 0 Å². The Morgan fingerprint density at radius 3 is 2.52 bits per heavy atom. The quantitative estimate of drug-likeness (QED) is 0.472. The Hall–Kier alpha value is -2.87. The third-order valence-electron chi connectivity index (χ3n) is 4.72. The second-order valence-electron chi connectivity index (χ2n) is 6.96. The fraction of sp³-hybridized carbons (Fsp3) is 0.333. The standard InChI is InChI=1S/C21H23N5O2S/c1-15-13-16(2)24-21(23-15)29-14-17-6-7-18(28-17)20(27)26-11-9-25(10-12-26)19-5-3-4-8-22-19/h3-8,13H,9-12,14H2,1-2H3. The summed E-state index contributed by atoms with van der Waals surface area (Å²) in [5.41, 5.74) is 1.89. The number of piperazine rings is 1. The second-order valence-corrected chi connectivity index (χ2v) is 7.90. The van der Waals surface area contributed by atoms with Gasteiger partial charge in [-0.15, -0.1) is 0 Å². The zero-order valence-electron chi connectivity index (χ0n) is 16.5. The van der Waals surface area contributed by atoms with Crippen molar-refractivity contribution < 1.29 is 9.21 Å². The van der Waals surface area contributed by atoms with Crippen molar-refractivity contribution in [3.8, 4) is 0 Å². The summed E-state index contributed by atoms with van der Waals surface area (Å²) in [4.78, 5) is 30.0. The van der Waals surface area contributed by atoms with Crippen LogP contribution >= 0.6 is 11.8 Å². The van der Waals surface area contributed by atoms with E-state index in [0.29, 0.717) is 24.6 Å². The minimum absolute atomic E-state index is 0.0652. The number of pyridine rings is 1. The van der Waals surface area contributed by atoms with Gasteiger partial charge < -0.3 is 14.2 Å². The van der Waals surface area contributed by atoms with Crippen molar-refractivity contribution in [2.45, 2.75) is 24.8 Å². The molecule has 7 nitrogen and oxygen atoms in total. The highest BCUT2D eigenvalue weighted by atomic mass is 32.2. The zero-order chi connectivity index (χ0) is 20.2. The molecule has 1 aliphatic rings. The number of aryl methyl sites for hydroxylation is 2. The summed E-state index contributed by atoms with van der Waals surface area (Å²) in [5.74, 6) is 2.60. The zero-order valence-corrected chi connectivity index (χ0v) is 17.4. The number of thioether (sulfide) groups is 1. The van der Waals surface area contributed by atoms with E-state index < -0.39 is 0 Å². The van der Waals surface area contributed by atoms with E-state index in [9.17, 15) is 4.79 Å². The van der Waals surface area contributed by atoms with E-state index in [0.717, 1.165) is 41.2 Å². The van der Waals surface area contributed by atoms with Crippen LogP contribution in [-0.2, 0) is 5.75 Å². The third kappa shape index (κ3) is 4.76. The molecule has 1 aliphatic heterocycles. The topological polar surface area (TPSA) is 75.4 Å². The minimum atomic E-state index is -0.0652. The highest BCUT2D eigenvalue weighted by Crippen LogP contribution is 2.22. The molecule has 150 valence electrons. The maximum atomic E-state index is 12.8. The van der Waals surface area contributed by atoms with E-state index >= 15 is 0 Å². The SMILES string of the molecule is Cc1cc(C)nc(SCc2ccc(C(=O)N3CCN(c4ccccn4)CC3)o2)n1. The molecule has 0 spiro atoms. The van der Waals surface area contributed by atoms with Crippen molar-refractivity contribution in [2.24, 2.45) is 0 Å². The summed E-state index contributed by atoms with van der Waals surface area (Å²) >= 11 is 1.51. The lowest BCUT2D eigenvalue weighted by atomic mass is 10.2. The molecular weight excluding hydrogens is 386 g/mol. The monoisotopic (exact) mass is 409 g/mol. The molecule has 3 aromatic heterocycles. The van der Waals surface area contributed by atoms with Crippen molar-refractivity contribution in [1.82, 2.24) is 19.9 Å². The van der Waals surface area contributed by atoms with Gasteiger partial charge in [0, 0.05) is 43.8 Å². The lowest BCUT2D eigenvalue weighted by Crippen LogP contribution is -2.49. The summed E-state index contributed by atoms with van der Waals surface area (Å²) < 4.78 is 5.80. The smallest absolute Gasteiger partial charge is 0.289 e. The molecule has 0 saturated carbocycles. The molecule has 0 aromatic carbocycles. The van der Waals surface area contributed by atoms with E-state index in [1.165, 1.54) is 11.8 Å². The van der Waals surface area contributed by atoms with Crippen molar-refractivity contribution in [3.05, 3.63) is 65.5 Å². The Labute approximate surface area is 174 Å². The van der Waals surface area contributed by atoms with Crippen LogP contribution in [0.1, 0.15) is 27.7 Å². The van der Waals surface area contributed by atoms with Crippen LogP contribution in [0.2, 0.25) is 0 Å². The fourth-order valence-corrected chi connectivity index (χ4v) is 4.14. The summed E-state index contributed by atoms with van der Waals surface area (Å²) in [6, 6.07) is 11.4. The second kappa shape index (κ2) is 8.65. The number of carbonyl (C=O) groups excluding carboxylic acids is 1. The van der Waals surface area contributed by atoms with Gasteiger partial charge >= 0.3 is 0 Å². The molecule has 1 saturated heterocycles. The Morgan fingerprint density at radius 2 is 1.83 bits per heavy atom. The van der Waals surface area contributed by atoms with Crippen LogP contribution in [-0.4, -0.2) is 51.9 Å². The highest BCUT2D eigenvalue weighted by Gasteiger charge is 2.24. The maximum Gasteiger partial charge on any atom is 0.289 e. The Balaban J connectivity index is 1.33. The normalized spacial score (nSPS) is 14.3. The van der Waals surface area contributed by atoms with Gasteiger partial charge in [0.1, 0.15) is 11.6 Å². The van der Waals surface area contributed by atoms with Gasteiger partial charge in [0.2, 0.25) is 0 Å². The first-order valence-electron chi connectivity index (χ1n) is 9.57. The lowest BCUT2D eigenvalue weighted by molar-refractivity contribution is 0.0713. The largest absolute Gasteiger partial charge is 0.455 e. The van der Waals surface area contributed by atoms with E-state index in [2.05, 4.69) is 19.9 Å². The summed E-state index contributed by atoms with van der Waals surface area (Å²) in [5, 5.41) is 0.720. The maximum absolute atomic E-state index is 12.8. The molecule has 0 radical (unpaired) electrons. The molecule has 0 bridgehead atoms. The van der Waals surface area contributed by atoms with Crippen molar-refractivity contribution in [3.63, 3.8) is 0 Å². The minimum Gasteiger partial charge on any atom is -0.455 e.